The first kappa shape index (κ1) is 18.4. The first-order valence-electron chi connectivity index (χ1n) is 9.02. The second kappa shape index (κ2) is 9.38. The van der Waals surface area contributed by atoms with Crippen LogP contribution in [-0.4, -0.2) is 51.9 Å². The number of nitrogens with zero attached hydrogens (tertiary/aromatic N) is 3. The van der Waals surface area contributed by atoms with Crippen LogP contribution in [-0.2, 0) is 4.79 Å². The Labute approximate surface area is 156 Å². The topological polar surface area (TPSA) is 87.2 Å². The van der Waals surface area contributed by atoms with E-state index >= 15 is 0 Å². The highest BCUT2D eigenvalue weighted by Crippen LogP contribution is 2.26. The molecule has 2 aliphatic rings. The molecule has 7 nitrogen and oxygen atoms in total. The zero-order chi connectivity index (χ0) is 17.5. The molecule has 1 aliphatic carbocycles. The average Bonchev–Trinajstić information content (AvgIpc) is 3.08. The molecule has 0 aromatic carbocycles. The number of nitrogens with one attached hydrogen (secondary N) is 2. The van der Waals surface area contributed by atoms with Gasteiger partial charge in [-0.2, -0.15) is 0 Å². The van der Waals surface area contributed by atoms with Crippen LogP contribution >= 0.6 is 23.1 Å². The van der Waals surface area contributed by atoms with Crippen LogP contribution in [0.25, 0.3) is 0 Å². The molecule has 0 unspecified atom stereocenters. The van der Waals surface area contributed by atoms with Gasteiger partial charge < -0.3 is 10.2 Å². The summed E-state index contributed by atoms with van der Waals surface area (Å²) in [6, 6.07) is 0.0432. The number of piperidine rings is 1. The molecule has 1 aliphatic heterocycles. The summed E-state index contributed by atoms with van der Waals surface area (Å²) < 4.78 is 0.707. The normalized spacial score (nSPS) is 18.8. The number of likely N-dealkylation sites (tertiary alicyclic amines) is 1. The smallest absolute Gasteiger partial charge is 0.321 e. The number of carbonyl (C=O) groups is 2. The number of urea groups is 1. The Morgan fingerprint density at radius 3 is 2.56 bits per heavy atom. The minimum atomic E-state index is -0.219. The van der Waals surface area contributed by atoms with E-state index in [0.717, 1.165) is 38.8 Å². The van der Waals surface area contributed by atoms with Gasteiger partial charge >= 0.3 is 6.03 Å². The summed E-state index contributed by atoms with van der Waals surface area (Å²) in [7, 11) is 0. The zero-order valence-corrected chi connectivity index (χ0v) is 16.0. The molecule has 138 valence electrons. The Balaban J connectivity index is 1.40. The quantitative estimate of drug-likeness (QED) is 0.603. The molecule has 2 N–H and O–H groups in total. The molecule has 3 rings (SSSR count). The molecular formula is C16H25N5O2S2. The Kier molecular flexibility index (Phi) is 6.92. The van der Waals surface area contributed by atoms with Gasteiger partial charge in [0.15, 0.2) is 4.34 Å². The van der Waals surface area contributed by atoms with Crippen molar-refractivity contribution in [2.75, 3.05) is 24.2 Å². The highest BCUT2D eigenvalue weighted by Gasteiger charge is 2.19. The van der Waals surface area contributed by atoms with E-state index in [1.807, 2.05) is 4.90 Å². The molecule has 0 bridgehead atoms. The first-order valence-corrected chi connectivity index (χ1v) is 10.8. The second-order valence-corrected chi connectivity index (χ2v) is 8.74. The SMILES string of the molecule is O=C(Nc1nnc(SCC(=O)N2CCCCC2)s1)NC1CCCCC1. The molecule has 3 amide bonds. The largest absolute Gasteiger partial charge is 0.342 e. The summed E-state index contributed by atoms with van der Waals surface area (Å²) in [6.45, 7) is 1.73. The van der Waals surface area contributed by atoms with E-state index in [9.17, 15) is 9.59 Å². The van der Waals surface area contributed by atoms with Gasteiger partial charge in [-0.15, -0.1) is 10.2 Å². The van der Waals surface area contributed by atoms with E-state index in [1.165, 1.54) is 48.8 Å². The Hall–Kier alpha value is -1.35. The van der Waals surface area contributed by atoms with Crippen LogP contribution in [0.1, 0.15) is 51.4 Å². The van der Waals surface area contributed by atoms with Gasteiger partial charge in [0, 0.05) is 19.1 Å². The standard InChI is InChI=1S/C16H25N5O2S2/c22-13(21-9-5-2-6-10-21)11-24-16-20-19-15(25-16)18-14(23)17-12-7-3-1-4-8-12/h12H,1-11H2,(H2,17,18,19,23). The van der Waals surface area contributed by atoms with Crippen molar-refractivity contribution in [1.29, 1.82) is 0 Å². The van der Waals surface area contributed by atoms with Gasteiger partial charge in [0.25, 0.3) is 0 Å². The first-order chi connectivity index (χ1) is 12.2. The highest BCUT2D eigenvalue weighted by molar-refractivity contribution is 8.01. The number of hydrogen-bond acceptors (Lipinski definition) is 6. The van der Waals surface area contributed by atoms with Crippen molar-refractivity contribution < 1.29 is 9.59 Å². The van der Waals surface area contributed by atoms with Crippen LogP contribution in [0.3, 0.4) is 0 Å². The molecule has 1 saturated carbocycles. The molecule has 2 fully saturated rings. The van der Waals surface area contributed by atoms with Gasteiger partial charge in [0.1, 0.15) is 0 Å². The fourth-order valence-corrected chi connectivity index (χ4v) is 4.89. The molecule has 0 radical (unpaired) electrons. The van der Waals surface area contributed by atoms with E-state index in [1.54, 1.807) is 0 Å². The summed E-state index contributed by atoms with van der Waals surface area (Å²) in [4.78, 5) is 26.1. The monoisotopic (exact) mass is 383 g/mol. The number of thioether (sulfide) groups is 1. The van der Waals surface area contributed by atoms with E-state index < -0.39 is 0 Å². The molecule has 1 aromatic heterocycles. The lowest BCUT2D eigenvalue weighted by Gasteiger charge is -2.26. The third kappa shape index (κ3) is 5.85. The lowest BCUT2D eigenvalue weighted by molar-refractivity contribution is -0.129. The Bertz CT molecular complexity index is 583. The maximum atomic E-state index is 12.2. The van der Waals surface area contributed by atoms with Gasteiger partial charge in [-0.1, -0.05) is 42.4 Å². The summed E-state index contributed by atoms with van der Waals surface area (Å²) >= 11 is 2.70. The zero-order valence-electron chi connectivity index (χ0n) is 14.3. The van der Waals surface area contributed by atoms with Gasteiger partial charge in [-0.05, 0) is 32.1 Å². The number of hydrogen-bond donors (Lipinski definition) is 2. The molecule has 2 heterocycles. The van der Waals surface area contributed by atoms with E-state index in [2.05, 4.69) is 20.8 Å². The van der Waals surface area contributed by atoms with Gasteiger partial charge in [0.2, 0.25) is 11.0 Å². The predicted octanol–water partition coefficient (Wildman–Crippen LogP) is 3.10. The van der Waals surface area contributed by atoms with Crippen molar-refractivity contribution in [3.05, 3.63) is 0 Å². The molecule has 25 heavy (non-hydrogen) atoms. The van der Waals surface area contributed by atoms with Gasteiger partial charge in [0.05, 0.1) is 5.75 Å². The summed E-state index contributed by atoms with van der Waals surface area (Å²) in [6.07, 6.45) is 9.11. The van der Waals surface area contributed by atoms with Crippen LogP contribution in [0.4, 0.5) is 9.93 Å². The maximum absolute atomic E-state index is 12.2. The van der Waals surface area contributed by atoms with Crippen LogP contribution in [0, 0.1) is 0 Å². The Morgan fingerprint density at radius 1 is 1.08 bits per heavy atom. The molecule has 1 aromatic rings. The van der Waals surface area contributed by atoms with Crippen LogP contribution in [0.15, 0.2) is 4.34 Å². The van der Waals surface area contributed by atoms with Crippen molar-refractivity contribution in [3.63, 3.8) is 0 Å². The predicted molar refractivity (Wildman–Crippen MR) is 100 cm³/mol. The van der Waals surface area contributed by atoms with Crippen molar-refractivity contribution in [1.82, 2.24) is 20.4 Å². The molecular weight excluding hydrogens is 358 g/mol. The van der Waals surface area contributed by atoms with Crippen molar-refractivity contribution >= 4 is 40.2 Å². The minimum absolute atomic E-state index is 0.157. The summed E-state index contributed by atoms with van der Waals surface area (Å²) in [5, 5.41) is 14.3. The number of anilines is 1. The fraction of sp³-hybridized carbons (Fsp3) is 0.750. The number of carbonyl (C=O) groups excluding carboxylic acids is 2. The van der Waals surface area contributed by atoms with Crippen LogP contribution in [0.5, 0.6) is 0 Å². The maximum Gasteiger partial charge on any atom is 0.321 e. The third-order valence-corrected chi connectivity index (χ3v) is 6.55. The molecule has 0 atom stereocenters. The van der Waals surface area contributed by atoms with Gasteiger partial charge in [-0.25, -0.2) is 4.79 Å². The minimum Gasteiger partial charge on any atom is -0.342 e. The van der Waals surface area contributed by atoms with Gasteiger partial charge in [-0.3, -0.25) is 10.1 Å². The number of rotatable bonds is 5. The van der Waals surface area contributed by atoms with E-state index in [0.29, 0.717) is 15.2 Å². The van der Waals surface area contributed by atoms with E-state index in [4.69, 9.17) is 0 Å². The van der Waals surface area contributed by atoms with Crippen molar-refractivity contribution in [2.24, 2.45) is 0 Å². The highest BCUT2D eigenvalue weighted by atomic mass is 32.2. The summed E-state index contributed by atoms with van der Waals surface area (Å²) in [5.74, 6) is 0.535. The van der Waals surface area contributed by atoms with Crippen molar-refractivity contribution in [3.8, 4) is 0 Å². The Morgan fingerprint density at radius 2 is 1.80 bits per heavy atom. The lowest BCUT2D eigenvalue weighted by atomic mass is 9.96. The second-order valence-electron chi connectivity index (χ2n) is 6.54. The fourth-order valence-electron chi connectivity index (χ4n) is 3.24. The molecule has 0 spiro atoms. The molecule has 1 saturated heterocycles. The third-order valence-electron chi connectivity index (χ3n) is 4.60. The van der Waals surface area contributed by atoms with Crippen LogP contribution in [0.2, 0.25) is 0 Å². The van der Waals surface area contributed by atoms with E-state index in [-0.39, 0.29) is 18.0 Å². The molecule has 9 heteroatoms. The number of aromatic nitrogens is 2. The summed E-state index contributed by atoms with van der Waals surface area (Å²) in [5.41, 5.74) is 0. The van der Waals surface area contributed by atoms with Crippen LogP contribution < -0.4 is 10.6 Å². The van der Waals surface area contributed by atoms with Crippen molar-refractivity contribution in [2.45, 2.75) is 61.7 Å². The average molecular weight is 384 g/mol. The number of amides is 3. The lowest BCUT2D eigenvalue weighted by Crippen LogP contribution is -2.38.